The number of benzene rings is 1. The normalized spacial score (nSPS) is 23.3. The predicted molar refractivity (Wildman–Crippen MR) is 108 cm³/mol. The smallest absolute Gasteiger partial charge is 0.370 e. The zero-order chi connectivity index (χ0) is 20.4. The van der Waals surface area contributed by atoms with E-state index < -0.39 is 22.7 Å². The van der Waals surface area contributed by atoms with Crippen LogP contribution in [0.15, 0.2) is 47.6 Å². The van der Waals surface area contributed by atoms with Crippen LogP contribution < -0.4 is 9.62 Å². The molecule has 3 atom stereocenters. The molecule has 3 unspecified atom stereocenters. The molecular weight excluding hydrogens is 399 g/mol. The Morgan fingerprint density at radius 2 is 1.90 bits per heavy atom. The average Bonchev–Trinajstić information content (AvgIpc) is 2.73. The Labute approximate surface area is 171 Å². The third kappa shape index (κ3) is 4.57. The molecule has 8 heteroatoms. The molecule has 2 aromatic rings. The molecule has 0 bridgehead atoms. The van der Waals surface area contributed by atoms with Gasteiger partial charge in [-0.05, 0) is 55.0 Å². The minimum absolute atomic E-state index is 0.247. The van der Waals surface area contributed by atoms with Crippen molar-refractivity contribution < 1.29 is 17.4 Å². The Morgan fingerprint density at radius 1 is 1.10 bits per heavy atom. The van der Waals surface area contributed by atoms with Crippen molar-refractivity contribution in [2.75, 3.05) is 22.7 Å². The van der Waals surface area contributed by atoms with Crippen molar-refractivity contribution in [1.82, 2.24) is 4.98 Å². The number of hydrogen-bond donors (Lipinski definition) is 1. The summed E-state index contributed by atoms with van der Waals surface area (Å²) in [5.41, 5.74) is 0.176. The van der Waals surface area contributed by atoms with Gasteiger partial charge in [-0.1, -0.05) is 19.3 Å². The Kier molecular flexibility index (Phi) is 5.81. The molecule has 156 valence electrons. The number of piperidine rings is 1. The second-order valence-electron chi connectivity index (χ2n) is 7.83. The number of nitrogens with one attached hydrogen (secondary N) is 1. The summed E-state index contributed by atoms with van der Waals surface area (Å²) in [6, 6.07) is 6.97. The lowest BCUT2D eigenvalue weighted by molar-refractivity contribution is -0.137. The van der Waals surface area contributed by atoms with Gasteiger partial charge < -0.3 is 4.90 Å². The Balaban J connectivity index is 1.63. The fourth-order valence-corrected chi connectivity index (χ4v) is 5.34. The van der Waals surface area contributed by atoms with Gasteiger partial charge in [0.05, 0.1) is 21.8 Å². The number of anilines is 2. The zero-order valence-electron chi connectivity index (χ0n) is 16.0. The molecule has 0 radical (unpaired) electrons. The molecule has 2 aliphatic rings. The summed E-state index contributed by atoms with van der Waals surface area (Å²) < 4.78 is 55.4. The van der Waals surface area contributed by atoms with E-state index in [0.717, 1.165) is 37.6 Å². The van der Waals surface area contributed by atoms with Crippen LogP contribution in [0.1, 0.15) is 37.7 Å². The van der Waals surface area contributed by atoms with Gasteiger partial charge in [0.25, 0.3) is 0 Å². The van der Waals surface area contributed by atoms with Crippen molar-refractivity contribution in [3.63, 3.8) is 0 Å². The molecule has 2 fully saturated rings. The quantitative estimate of drug-likeness (QED) is 0.730. The van der Waals surface area contributed by atoms with Crippen LogP contribution in [0.2, 0.25) is 0 Å². The number of nitrogens with zero attached hydrogens (tertiary/aromatic N) is 2. The van der Waals surface area contributed by atoms with E-state index in [4.69, 9.17) is 0 Å². The van der Waals surface area contributed by atoms with Gasteiger partial charge in [0, 0.05) is 25.5 Å². The van der Waals surface area contributed by atoms with E-state index in [0.29, 0.717) is 16.5 Å². The van der Waals surface area contributed by atoms with Crippen LogP contribution in [0.25, 0.3) is 0 Å². The first-order chi connectivity index (χ1) is 13.9. The maximum absolute atomic E-state index is 13.3. The van der Waals surface area contributed by atoms with Crippen LogP contribution in [-0.4, -0.2) is 22.3 Å². The zero-order valence-corrected chi connectivity index (χ0v) is 16.8. The molecular formula is C21H24F3N3OS. The number of pyridine rings is 1. The topological polar surface area (TPSA) is 45.2 Å². The van der Waals surface area contributed by atoms with Crippen LogP contribution in [0, 0.1) is 11.8 Å². The van der Waals surface area contributed by atoms with E-state index in [-0.39, 0.29) is 5.69 Å². The largest absolute Gasteiger partial charge is 0.416 e. The molecule has 4 nitrogen and oxygen atoms in total. The Morgan fingerprint density at radius 3 is 2.62 bits per heavy atom. The summed E-state index contributed by atoms with van der Waals surface area (Å²) in [4.78, 5) is 6.50. The van der Waals surface area contributed by atoms with E-state index in [1.54, 1.807) is 18.3 Å². The number of halogens is 3. The molecule has 1 aliphatic carbocycles. The van der Waals surface area contributed by atoms with E-state index in [9.17, 15) is 17.4 Å². The monoisotopic (exact) mass is 423 g/mol. The molecule has 2 heterocycles. The molecule has 1 aromatic carbocycles. The first-order valence-corrected chi connectivity index (χ1v) is 11.1. The van der Waals surface area contributed by atoms with Crippen molar-refractivity contribution in [2.45, 2.75) is 43.2 Å². The van der Waals surface area contributed by atoms with Crippen molar-refractivity contribution in [1.29, 1.82) is 0 Å². The van der Waals surface area contributed by atoms with Gasteiger partial charge in [0.15, 0.2) is 11.0 Å². The lowest BCUT2D eigenvalue weighted by Gasteiger charge is -2.42. The summed E-state index contributed by atoms with van der Waals surface area (Å²) in [6.45, 7) is 1.64. The SMILES string of the molecule is O=S(Nc1cc(C(F)(F)F)ccc1N1CCC2CCCCC2C1)c1cccnc1. The van der Waals surface area contributed by atoms with Gasteiger partial charge in [-0.2, -0.15) is 13.2 Å². The summed E-state index contributed by atoms with van der Waals surface area (Å²) in [7, 11) is -1.70. The highest BCUT2D eigenvalue weighted by Crippen LogP contribution is 2.41. The van der Waals surface area contributed by atoms with Crippen molar-refractivity contribution in [2.24, 2.45) is 11.8 Å². The van der Waals surface area contributed by atoms with Crippen molar-refractivity contribution in [3.05, 3.63) is 48.3 Å². The van der Waals surface area contributed by atoms with Crippen LogP contribution in [0.5, 0.6) is 0 Å². The second kappa shape index (κ2) is 8.34. The molecule has 1 N–H and O–H groups in total. The molecule has 4 rings (SSSR count). The fourth-order valence-electron chi connectivity index (χ4n) is 4.51. The van der Waals surface area contributed by atoms with Gasteiger partial charge in [-0.15, -0.1) is 0 Å². The van der Waals surface area contributed by atoms with Gasteiger partial charge in [-0.3, -0.25) is 9.71 Å². The maximum Gasteiger partial charge on any atom is 0.416 e. The highest BCUT2D eigenvalue weighted by atomic mass is 32.2. The lowest BCUT2D eigenvalue weighted by Crippen LogP contribution is -2.42. The predicted octanol–water partition coefficient (Wildman–Crippen LogP) is 5.25. The summed E-state index contributed by atoms with van der Waals surface area (Å²) in [5.74, 6) is 1.30. The van der Waals surface area contributed by atoms with Crippen LogP contribution >= 0.6 is 0 Å². The summed E-state index contributed by atoms with van der Waals surface area (Å²) in [6.07, 6.45) is 4.52. The Hall–Kier alpha value is -2.09. The van der Waals surface area contributed by atoms with Crippen molar-refractivity contribution >= 4 is 22.4 Å². The molecule has 0 amide bonds. The maximum atomic E-state index is 13.3. The highest BCUT2D eigenvalue weighted by Gasteiger charge is 2.34. The number of fused-ring (bicyclic) bond motifs is 1. The molecule has 0 spiro atoms. The van der Waals surface area contributed by atoms with Crippen LogP contribution in [0.3, 0.4) is 0 Å². The number of alkyl halides is 3. The summed E-state index contributed by atoms with van der Waals surface area (Å²) in [5, 5.41) is 0. The van der Waals surface area contributed by atoms with Crippen LogP contribution in [0.4, 0.5) is 24.5 Å². The minimum atomic E-state index is -4.46. The van der Waals surface area contributed by atoms with Gasteiger partial charge in [0.2, 0.25) is 0 Å². The molecule has 1 saturated heterocycles. The first-order valence-electron chi connectivity index (χ1n) is 9.96. The highest BCUT2D eigenvalue weighted by molar-refractivity contribution is 7.86. The van der Waals surface area contributed by atoms with E-state index in [2.05, 4.69) is 14.6 Å². The fraction of sp³-hybridized carbons (Fsp3) is 0.476. The first kappa shape index (κ1) is 20.2. The van der Waals surface area contributed by atoms with Crippen molar-refractivity contribution in [3.8, 4) is 0 Å². The number of aromatic nitrogens is 1. The van der Waals surface area contributed by atoms with Gasteiger partial charge >= 0.3 is 6.18 Å². The molecule has 1 aliphatic heterocycles. The number of rotatable bonds is 4. The average molecular weight is 424 g/mol. The molecule has 1 aromatic heterocycles. The minimum Gasteiger partial charge on any atom is -0.370 e. The Bertz CT molecular complexity index is 875. The van der Waals surface area contributed by atoms with E-state index >= 15 is 0 Å². The van der Waals surface area contributed by atoms with E-state index in [1.165, 1.54) is 37.9 Å². The third-order valence-electron chi connectivity index (χ3n) is 6.01. The second-order valence-corrected chi connectivity index (χ2v) is 9.04. The summed E-state index contributed by atoms with van der Waals surface area (Å²) >= 11 is 0. The molecule has 29 heavy (non-hydrogen) atoms. The standard InChI is InChI=1S/C21H24F3N3OS/c22-21(23,24)17-7-8-20(27-11-9-15-4-1-2-5-16(15)14-27)19(12-17)26-29(28)18-6-3-10-25-13-18/h3,6-8,10,12-13,15-16,26H,1-2,4-5,9,11,14H2. The van der Waals surface area contributed by atoms with E-state index in [1.807, 2.05) is 0 Å². The van der Waals surface area contributed by atoms with Gasteiger partial charge in [-0.25, -0.2) is 4.21 Å². The number of hydrogen-bond acceptors (Lipinski definition) is 3. The third-order valence-corrected chi connectivity index (χ3v) is 7.08. The van der Waals surface area contributed by atoms with Crippen LogP contribution in [-0.2, 0) is 17.2 Å². The lowest BCUT2D eigenvalue weighted by atomic mass is 9.75. The molecule has 1 saturated carbocycles. The van der Waals surface area contributed by atoms with Gasteiger partial charge in [0.1, 0.15) is 0 Å².